The molecule has 1 heteroatoms. The van der Waals surface area contributed by atoms with Gasteiger partial charge in [-0.2, -0.15) is 0 Å². The van der Waals surface area contributed by atoms with Crippen molar-refractivity contribution >= 4 is 22.6 Å². The van der Waals surface area contributed by atoms with E-state index in [-0.39, 0.29) is 5.41 Å². The molecule has 0 saturated carbocycles. The molecule has 16 heavy (non-hydrogen) atoms. The van der Waals surface area contributed by atoms with E-state index in [0.717, 1.165) is 0 Å². The minimum atomic E-state index is 0.266. The quantitative estimate of drug-likeness (QED) is 0.497. The lowest BCUT2D eigenvalue weighted by Crippen LogP contribution is -2.21. The van der Waals surface area contributed by atoms with Crippen molar-refractivity contribution in [2.45, 2.75) is 54.9 Å². The Morgan fingerprint density at radius 1 is 1.06 bits per heavy atom. The lowest BCUT2D eigenvalue weighted by atomic mass is 9.73. The van der Waals surface area contributed by atoms with Gasteiger partial charge in [-0.25, -0.2) is 0 Å². The summed E-state index contributed by atoms with van der Waals surface area (Å²) in [7, 11) is 0. The minimum Gasteiger partial charge on any atom is -0.0766 e. The van der Waals surface area contributed by atoms with Gasteiger partial charge < -0.3 is 0 Å². The molecule has 1 aliphatic carbocycles. The van der Waals surface area contributed by atoms with Crippen LogP contribution in [0, 0.1) is 16.7 Å². The number of allylic oxidation sites excluding steroid dienone is 4. The van der Waals surface area contributed by atoms with Gasteiger partial charge in [0.25, 0.3) is 0 Å². The first-order chi connectivity index (χ1) is 7.03. The van der Waals surface area contributed by atoms with E-state index in [1.54, 1.807) is 5.57 Å². The van der Waals surface area contributed by atoms with Crippen molar-refractivity contribution in [2.24, 2.45) is 16.7 Å². The van der Waals surface area contributed by atoms with Crippen molar-refractivity contribution in [2.75, 3.05) is 0 Å². The lowest BCUT2D eigenvalue weighted by molar-refractivity contribution is 0.440. The molecule has 0 N–H and O–H groups in total. The second-order valence-corrected chi connectivity index (χ2v) is 8.13. The summed E-state index contributed by atoms with van der Waals surface area (Å²) in [6, 6.07) is 0. The summed E-state index contributed by atoms with van der Waals surface area (Å²) >= 11 is 2.55. The summed E-state index contributed by atoms with van der Waals surface area (Å²) in [4.78, 5) is 0. The van der Waals surface area contributed by atoms with Crippen LogP contribution in [0.15, 0.2) is 20.8 Å². The molecule has 0 bridgehead atoms. The maximum absolute atomic E-state index is 2.55. The van der Waals surface area contributed by atoms with Gasteiger partial charge in [0.1, 0.15) is 0 Å². The fraction of sp³-hybridized carbons (Fsp3) is 0.733. The second-order valence-electron chi connectivity index (χ2n) is 7.05. The van der Waals surface area contributed by atoms with Crippen LogP contribution in [-0.4, -0.2) is 0 Å². The standard InChI is InChI=1S/C15H25I/c1-10-8-11(14(2,3)4)13(16)12(9-10)15(5,6)7/h8,10H,9H2,1-7H3/t10-/m1/s1. The largest absolute Gasteiger partial charge is 0.0766 e. The molecule has 0 radical (unpaired) electrons. The number of hydrogen-bond donors (Lipinski definition) is 0. The number of rotatable bonds is 0. The first kappa shape index (κ1) is 14.3. The highest BCUT2D eigenvalue weighted by atomic mass is 127. The van der Waals surface area contributed by atoms with Crippen molar-refractivity contribution in [3.05, 3.63) is 20.8 Å². The van der Waals surface area contributed by atoms with Crippen LogP contribution in [0.4, 0.5) is 0 Å². The molecular weight excluding hydrogens is 307 g/mol. The van der Waals surface area contributed by atoms with Gasteiger partial charge >= 0.3 is 0 Å². The van der Waals surface area contributed by atoms with Crippen LogP contribution in [0.25, 0.3) is 0 Å². The monoisotopic (exact) mass is 332 g/mol. The van der Waals surface area contributed by atoms with Crippen LogP contribution in [-0.2, 0) is 0 Å². The van der Waals surface area contributed by atoms with Crippen LogP contribution in [0.2, 0.25) is 0 Å². The van der Waals surface area contributed by atoms with Crippen molar-refractivity contribution in [1.29, 1.82) is 0 Å². The molecule has 0 aromatic heterocycles. The molecule has 0 heterocycles. The van der Waals surface area contributed by atoms with Crippen molar-refractivity contribution in [1.82, 2.24) is 0 Å². The summed E-state index contributed by atoms with van der Waals surface area (Å²) in [5, 5.41) is 0. The van der Waals surface area contributed by atoms with Crippen LogP contribution in [0.3, 0.4) is 0 Å². The van der Waals surface area contributed by atoms with Gasteiger partial charge in [0, 0.05) is 3.58 Å². The maximum atomic E-state index is 2.55. The molecule has 0 aromatic carbocycles. The van der Waals surface area contributed by atoms with Gasteiger partial charge in [-0.05, 0) is 51.3 Å². The highest BCUT2D eigenvalue weighted by Gasteiger charge is 2.30. The predicted molar refractivity (Wildman–Crippen MR) is 81.8 cm³/mol. The van der Waals surface area contributed by atoms with Gasteiger partial charge in [0.2, 0.25) is 0 Å². The van der Waals surface area contributed by atoms with Crippen LogP contribution < -0.4 is 0 Å². The third-order valence-corrected chi connectivity index (χ3v) is 4.42. The molecule has 1 aliphatic rings. The van der Waals surface area contributed by atoms with Crippen LogP contribution >= 0.6 is 22.6 Å². The fourth-order valence-electron chi connectivity index (χ4n) is 2.21. The average Bonchev–Trinajstić information content (AvgIpc) is 2.04. The molecule has 0 unspecified atom stereocenters. The number of hydrogen-bond acceptors (Lipinski definition) is 0. The minimum absolute atomic E-state index is 0.266. The molecule has 0 fully saturated rings. The third-order valence-electron chi connectivity index (χ3n) is 3.19. The fourth-order valence-corrected chi connectivity index (χ4v) is 4.22. The Kier molecular flexibility index (Phi) is 3.99. The molecule has 0 spiro atoms. The Hall–Kier alpha value is 0.210. The molecule has 1 rings (SSSR count). The van der Waals surface area contributed by atoms with E-state index in [0.29, 0.717) is 11.3 Å². The van der Waals surface area contributed by atoms with Crippen molar-refractivity contribution < 1.29 is 0 Å². The van der Waals surface area contributed by atoms with E-state index in [1.165, 1.54) is 15.6 Å². The van der Waals surface area contributed by atoms with Gasteiger partial charge in [-0.1, -0.05) is 60.1 Å². The van der Waals surface area contributed by atoms with E-state index in [2.05, 4.69) is 77.1 Å². The SMILES string of the molecule is C[C@@H]1C=C(C(C)(C)C)C(I)=C(C(C)(C)C)C1. The summed E-state index contributed by atoms with van der Waals surface area (Å²) < 4.78 is 1.51. The summed E-state index contributed by atoms with van der Waals surface area (Å²) in [5.74, 6) is 0.682. The first-order valence-corrected chi connectivity index (χ1v) is 7.23. The second kappa shape index (κ2) is 4.47. The first-order valence-electron chi connectivity index (χ1n) is 6.15. The van der Waals surface area contributed by atoms with E-state index < -0.39 is 0 Å². The van der Waals surface area contributed by atoms with Crippen LogP contribution in [0.5, 0.6) is 0 Å². The summed E-state index contributed by atoms with van der Waals surface area (Å²) in [6.07, 6.45) is 3.69. The zero-order chi connectivity index (χ0) is 12.7. The summed E-state index contributed by atoms with van der Waals surface area (Å²) in [5.41, 5.74) is 3.74. The van der Waals surface area contributed by atoms with Gasteiger partial charge in [-0.3, -0.25) is 0 Å². The molecule has 1 atom stereocenters. The Morgan fingerprint density at radius 2 is 1.56 bits per heavy atom. The highest BCUT2D eigenvalue weighted by molar-refractivity contribution is 14.1. The Labute approximate surface area is 115 Å². The molecule has 0 amide bonds. The topological polar surface area (TPSA) is 0 Å². The molecular formula is C15H25I. The maximum Gasteiger partial charge on any atom is 0.0162 e. The van der Waals surface area contributed by atoms with Gasteiger partial charge in [-0.15, -0.1) is 0 Å². The van der Waals surface area contributed by atoms with Gasteiger partial charge in [0.15, 0.2) is 0 Å². The van der Waals surface area contributed by atoms with Crippen molar-refractivity contribution in [3.63, 3.8) is 0 Å². The smallest absolute Gasteiger partial charge is 0.0162 e. The molecule has 0 saturated heterocycles. The highest BCUT2D eigenvalue weighted by Crippen LogP contribution is 2.47. The molecule has 0 aliphatic heterocycles. The lowest BCUT2D eigenvalue weighted by Gasteiger charge is -2.35. The summed E-state index contributed by atoms with van der Waals surface area (Å²) in [6.45, 7) is 16.3. The molecule has 0 aromatic rings. The average molecular weight is 332 g/mol. The van der Waals surface area contributed by atoms with E-state index in [9.17, 15) is 0 Å². The Balaban J connectivity index is 3.26. The zero-order valence-corrected chi connectivity index (χ0v) is 13.9. The normalized spacial score (nSPS) is 23.5. The Bertz CT molecular complexity index is 331. The van der Waals surface area contributed by atoms with Gasteiger partial charge in [0.05, 0.1) is 0 Å². The van der Waals surface area contributed by atoms with Crippen molar-refractivity contribution in [3.8, 4) is 0 Å². The predicted octanol–water partition coefficient (Wildman–Crippen LogP) is 5.73. The number of halogens is 1. The van der Waals surface area contributed by atoms with E-state index >= 15 is 0 Å². The molecule has 0 nitrogen and oxygen atoms in total. The third kappa shape index (κ3) is 3.12. The zero-order valence-electron chi connectivity index (χ0n) is 11.7. The molecule has 92 valence electrons. The van der Waals surface area contributed by atoms with E-state index in [4.69, 9.17) is 0 Å². The van der Waals surface area contributed by atoms with Crippen LogP contribution in [0.1, 0.15) is 54.9 Å². The Morgan fingerprint density at radius 3 is 1.94 bits per heavy atom. The van der Waals surface area contributed by atoms with E-state index in [1.807, 2.05) is 0 Å².